The first-order valence-electron chi connectivity index (χ1n) is 5.20. The summed E-state index contributed by atoms with van der Waals surface area (Å²) in [6.07, 6.45) is 6.80. The zero-order chi connectivity index (χ0) is 9.80. The van der Waals surface area contributed by atoms with Gasteiger partial charge >= 0.3 is 0 Å². The molecule has 1 aromatic heterocycles. The molecule has 1 saturated carbocycles. The summed E-state index contributed by atoms with van der Waals surface area (Å²) in [6.45, 7) is 0.939. The molecule has 1 N–H and O–H groups in total. The Hall–Kier alpha value is -1.12. The highest BCUT2D eigenvalue weighted by atomic mass is 19.1. The molecule has 1 aliphatic rings. The van der Waals surface area contributed by atoms with Crippen LogP contribution < -0.4 is 5.32 Å². The van der Waals surface area contributed by atoms with Gasteiger partial charge in [0.2, 0.25) is 5.95 Å². The van der Waals surface area contributed by atoms with Gasteiger partial charge in [-0.1, -0.05) is 19.3 Å². The Morgan fingerprint density at radius 1 is 1.50 bits per heavy atom. The number of aromatic nitrogens is 1. The Balaban J connectivity index is 1.74. The third-order valence-corrected chi connectivity index (χ3v) is 2.83. The van der Waals surface area contributed by atoms with E-state index in [2.05, 4.69) is 10.3 Å². The van der Waals surface area contributed by atoms with Crippen molar-refractivity contribution in [1.29, 1.82) is 0 Å². The van der Waals surface area contributed by atoms with Gasteiger partial charge in [0, 0.05) is 24.5 Å². The molecule has 0 atom stereocenters. The predicted molar refractivity (Wildman–Crippen MR) is 54.6 cm³/mol. The lowest BCUT2D eigenvalue weighted by molar-refractivity contribution is 0.303. The van der Waals surface area contributed by atoms with E-state index >= 15 is 0 Å². The van der Waals surface area contributed by atoms with E-state index in [1.807, 2.05) is 0 Å². The van der Waals surface area contributed by atoms with Crippen LogP contribution in [0.15, 0.2) is 18.3 Å². The number of nitrogens with one attached hydrogen (secondary N) is 1. The number of hydrogen-bond acceptors (Lipinski definition) is 2. The fraction of sp³-hybridized carbons (Fsp3) is 0.545. The van der Waals surface area contributed by atoms with Crippen LogP contribution in [0.1, 0.15) is 25.7 Å². The Morgan fingerprint density at radius 3 is 3.00 bits per heavy atom. The van der Waals surface area contributed by atoms with Crippen LogP contribution in [-0.4, -0.2) is 11.5 Å². The maximum absolute atomic E-state index is 12.7. The van der Waals surface area contributed by atoms with Crippen LogP contribution in [0, 0.1) is 11.9 Å². The van der Waals surface area contributed by atoms with Gasteiger partial charge in [0.15, 0.2) is 0 Å². The lowest BCUT2D eigenvalue weighted by Gasteiger charge is -2.25. The second-order valence-corrected chi connectivity index (χ2v) is 3.88. The third-order valence-electron chi connectivity index (χ3n) is 2.83. The summed E-state index contributed by atoms with van der Waals surface area (Å²) in [5.74, 6) is 0.479. The van der Waals surface area contributed by atoms with Crippen LogP contribution in [0.4, 0.5) is 10.1 Å². The Bertz CT molecular complexity index is 297. The molecule has 2 nitrogen and oxygen atoms in total. The summed E-state index contributed by atoms with van der Waals surface area (Å²) in [4.78, 5) is 3.50. The van der Waals surface area contributed by atoms with E-state index in [1.54, 1.807) is 6.07 Å². The fourth-order valence-electron chi connectivity index (χ4n) is 1.71. The Morgan fingerprint density at radius 2 is 2.36 bits per heavy atom. The molecule has 76 valence electrons. The molecule has 1 fully saturated rings. The molecule has 0 amide bonds. The van der Waals surface area contributed by atoms with Crippen molar-refractivity contribution in [1.82, 2.24) is 4.98 Å². The van der Waals surface area contributed by atoms with Gasteiger partial charge in [-0.05, 0) is 18.4 Å². The maximum atomic E-state index is 12.7. The minimum absolute atomic E-state index is 0.418. The minimum atomic E-state index is -0.418. The molecule has 0 aliphatic heterocycles. The SMILES string of the molecule is Fc1cc(NCCC2CCC2)ccn1. The lowest BCUT2D eigenvalue weighted by atomic mass is 9.83. The van der Waals surface area contributed by atoms with Crippen molar-refractivity contribution in [2.45, 2.75) is 25.7 Å². The third kappa shape index (κ3) is 2.44. The van der Waals surface area contributed by atoms with E-state index in [9.17, 15) is 4.39 Å². The van der Waals surface area contributed by atoms with Crippen molar-refractivity contribution in [3.63, 3.8) is 0 Å². The summed E-state index contributed by atoms with van der Waals surface area (Å²) in [5, 5.41) is 3.20. The molecule has 0 unspecified atom stereocenters. The number of anilines is 1. The van der Waals surface area contributed by atoms with E-state index in [0.29, 0.717) is 0 Å². The highest BCUT2D eigenvalue weighted by Gasteiger charge is 2.16. The fourth-order valence-corrected chi connectivity index (χ4v) is 1.71. The molecular weight excluding hydrogens is 179 g/mol. The van der Waals surface area contributed by atoms with Crippen LogP contribution in [0.2, 0.25) is 0 Å². The number of halogens is 1. The van der Waals surface area contributed by atoms with Crippen LogP contribution in [-0.2, 0) is 0 Å². The number of pyridine rings is 1. The van der Waals surface area contributed by atoms with Crippen molar-refractivity contribution < 1.29 is 4.39 Å². The van der Waals surface area contributed by atoms with Crippen LogP contribution in [0.25, 0.3) is 0 Å². The van der Waals surface area contributed by atoms with Gasteiger partial charge in [0.05, 0.1) is 0 Å². The van der Waals surface area contributed by atoms with Crippen LogP contribution in [0.5, 0.6) is 0 Å². The standard InChI is InChI=1S/C11H15FN2/c12-11-8-10(5-7-14-11)13-6-4-9-2-1-3-9/h5,7-9H,1-4,6H2,(H,13,14). The molecule has 0 radical (unpaired) electrons. The smallest absolute Gasteiger partial charge is 0.214 e. The predicted octanol–water partition coefficient (Wildman–Crippen LogP) is 2.82. The second-order valence-electron chi connectivity index (χ2n) is 3.88. The first-order valence-corrected chi connectivity index (χ1v) is 5.20. The number of hydrogen-bond donors (Lipinski definition) is 1. The van der Waals surface area contributed by atoms with Crippen LogP contribution in [0.3, 0.4) is 0 Å². The van der Waals surface area contributed by atoms with Crippen molar-refractivity contribution in [2.24, 2.45) is 5.92 Å². The molecule has 0 saturated heterocycles. The van der Waals surface area contributed by atoms with Gasteiger partial charge in [-0.3, -0.25) is 0 Å². The molecule has 1 aromatic rings. The monoisotopic (exact) mass is 194 g/mol. The molecule has 14 heavy (non-hydrogen) atoms. The van der Waals surface area contributed by atoms with Gasteiger partial charge in [0.1, 0.15) is 0 Å². The number of rotatable bonds is 4. The highest BCUT2D eigenvalue weighted by Crippen LogP contribution is 2.29. The lowest BCUT2D eigenvalue weighted by Crippen LogP contribution is -2.15. The van der Waals surface area contributed by atoms with E-state index in [4.69, 9.17) is 0 Å². The molecule has 1 heterocycles. The molecule has 1 aliphatic carbocycles. The first kappa shape index (κ1) is 9.44. The quantitative estimate of drug-likeness (QED) is 0.745. The van der Waals surface area contributed by atoms with E-state index in [0.717, 1.165) is 18.2 Å². The summed E-state index contributed by atoms with van der Waals surface area (Å²) in [6, 6.07) is 3.23. The molecule has 0 aromatic carbocycles. The second kappa shape index (κ2) is 4.40. The summed E-state index contributed by atoms with van der Waals surface area (Å²) in [7, 11) is 0. The molecular formula is C11H15FN2. The summed E-state index contributed by atoms with van der Waals surface area (Å²) in [5.41, 5.74) is 0.830. The number of nitrogens with zero attached hydrogens (tertiary/aromatic N) is 1. The van der Waals surface area contributed by atoms with Gasteiger partial charge in [-0.2, -0.15) is 4.39 Å². The van der Waals surface area contributed by atoms with E-state index < -0.39 is 5.95 Å². The van der Waals surface area contributed by atoms with Crippen molar-refractivity contribution in [3.8, 4) is 0 Å². The minimum Gasteiger partial charge on any atom is -0.385 e. The van der Waals surface area contributed by atoms with Gasteiger partial charge < -0.3 is 5.32 Å². The van der Waals surface area contributed by atoms with Crippen molar-refractivity contribution in [3.05, 3.63) is 24.3 Å². The average Bonchev–Trinajstić information content (AvgIpc) is 2.09. The molecule has 2 rings (SSSR count). The first-order chi connectivity index (χ1) is 6.84. The summed E-state index contributed by atoms with van der Waals surface area (Å²) >= 11 is 0. The highest BCUT2D eigenvalue weighted by molar-refractivity contribution is 5.40. The van der Waals surface area contributed by atoms with E-state index in [1.165, 1.54) is 37.9 Å². The normalized spacial score (nSPS) is 16.4. The van der Waals surface area contributed by atoms with Gasteiger partial charge in [0.25, 0.3) is 0 Å². The van der Waals surface area contributed by atoms with Crippen molar-refractivity contribution in [2.75, 3.05) is 11.9 Å². The average molecular weight is 194 g/mol. The molecule has 0 bridgehead atoms. The largest absolute Gasteiger partial charge is 0.385 e. The van der Waals surface area contributed by atoms with Gasteiger partial charge in [-0.25, -0.2) is 4.98 Å². The Kier molecular flexibility index (Phi) is 2.96. The van der Waals surface area contributed by atoms with Crippen molar-refractivity contribution >= 4 is 5.69 Å². The van der Waals surface area contributed by atoms with E-state index in [-0.39, 0.29) is 0 Å². The van der Waals surface area contributed by atoms with Gasteiger partial charge in [-0.15, -0.1) is 0 Å². The zero-order valence-corrected chi connectivity index (χ0v) is 8.17. The molecule has 3 heteroatoms. The van der Waals surface area contributed by atoms with Crippen LogP contribution >= 0.6 is 0 Å². The zero-order valence-electron chi connectivity index (χ0n) is 8.17. The topological polar surface area (TPSA) is 24.9 Å². The summed E-state index contributed by atoms with van der Waals surface area (Å²) < 4.78 is 12.7. The maximum Gasteiger partial charge on any atom is 0.214 e. The Labute approximate surface area is 83.6 Å². The molecule has 0 spiro atoms.